The highest BCUT2D eigenvalue weighted by Gasteiger charge is 2.25. The average molecular weight is 646 g/mol. The third-order valence-corrected chi connectivity index (χ3v) is 6.99. The Balaban J connectivity index is 1.68. The number of hydrogen-bond acceptors (Lipinski definition) is 4. The zero-order valence-electron chi connectivity index (χ0n) is 19.7. The van der Waals surface area contributed by atoms with Crippen molar-refractivity contribution in [3.63, 3.8) is 0 Å². The molecule has 0 fully saturated rings. The van der Waals surface area contributed by atoms with Crippen molar-refractivity contribution in [1.82, 2.24) is 10.7 Å². The Kier molecular flexibility index (Phi) is 10.7. The summed E-state index contributed by atoms with van der Waals surface area (Å²) >= 11 is 27.5. The van der Waals surface area contributed by atoms with Crippen LogP contribution in [-0.2, 0) is 11.4 Å². The molecule has 1 atom stereocenters. The molecule has 11 heteroatoms. The minimum Gasteiger partial charge on any atom is -0.488 e. The van der Waals surface area contributed by atoms with Gasteiger partial charge in [0.2, 0.25) is 0 Å². The van der Waals surface area contributed by atoms with E-state index in [-0.39, 0.29) is 23.1 Å². The van der Waals surface area contributed by atoms with Crippen LogP contribution in [0, 0.1) is 5.92 Å². The first-order chi connectivity index (χ1) is 17.5. The van der Waals surface area contributed by atoms with E-state index < -0.39 is 17.9 Å². The fraction of sp³-hybridized carbons (Fsp3) is 0.192. The lowest BCUT2D eigenvalue weighted by atomic mass is 10.0. The molecule has 3 aromatic carbocycles. The van der Waals surface area contributed by atoms with Gasteiger partial charge in [0.15, 0.2) is 0 Å². The largest absolute Gasteiger partial charge is 0.488 e. The van der Waals surface area contributed by atoms with Crippen LogP contribution in [0.25, 0.3) is 0 Å². The topological polar surface area (TPSA) is 79.8 Å². The van der Waals surface area contributed by atoms with Gasteiger partial charge in [-0.25, -0.2) is 5.43 Å². The molecule has 0 saturated heterocycles. The summed E-state index contributed by atoms with van der Waals surface area (Å²) in [6, 6.07) is 14.2. The van der Waals surface area contributed by atoms with E-state index in [1.807, 2.05) is 19.9 Å². The summed E-state index contributed by atoms with van der Waals surface area (Å²) in [7, 11) is 0. The van der Waals surface area contributed by atoms with E-state index in [9.17, 15) is 9.59 Å². The standard InChI is InChI=1S/C26H22BrCl4N3O3/c1-14(2)24(33-25(35)15-4-7-20(29)22(31)10-15)26(36)34-32-12-17-9-18(27)5-8-23(17)37-13-16-3-6-19(28)11-21(16)30/h3-12,14,24H,13H2,1-2H3,(H,33,35)(H,34,36). The van der Waals surface area contributed by atoms with Crippen molar-refractivity contribution in [2.24, 2.45) is 11.0 Å². The van der Waals surface area contributed by atoms with E-state index in [2.05, 4.69) is 31.8 Å². The number of hydrogen-bond donors (Lipinski definition) is 2. The van der Waals surface area contributed by atoms with Gasteiger partial charge in [0.25, 0.3) is 11.8 Å². The van der Waals surface area contributed by atoms with Gasteiger partial charge in [-0.1, -0.05) is 82.2 Å². The maximum atomic E-state index is 12.8. The quantitative estimate of drug-likeness (QED) is 0.186. The number of halogens is 5. The fourth-order valence-corrected chi connectivity index (χ4v) is 4.32. The highest BCUT2D eigenvalue weighted by Crippen LogP contribution is 2.26. The number of rotatable bonds is 9. The van der Waals surface area contributed by atoms with E-state index in [0.717, 1.165) is 10.0 Å². The summed E-state index contributed by atoms with van der Waals surface area (Å²) in [5, 5.41) is 8.40. The van der Waals surface area contributed by atoms with Gasteiger partial charge >= 0.3 is 0 Å². The van der Waals surface area contributed by atoms with Crippen molar-refractivity contribution in [1.29, 1.82) is 0 Å². The first-order valence-corrected chi connectivity index (χ1v) is 13.3. The molecule has 0 spiro atoms. The molecule has 6 nitrogen and oxygen atoms in total. The number of nitrogens with zero attached hydrogens (tertiary/aromatic N) is 1. The first kappa shape index (κ1) is 29.3. The SMILES string of the molecule is CC(C)C(NC(=O)c1ccc(Cl)c(Cl)c1)C(=O)NN=Cc1cc(Br)ccc1OCc1ccc(Cl)cc1Cl. The molecule has 2 N–H and O–H groups in total. The number of hydrazone groups is 1. The Morgan fingerprint density at radius 2 is 1.73 bits per heavy atom. The monoisotopic (exact) mass is 643 g/mol. The number of carbonyl (C=O) groups excluding carboxylic acids is 2. The molecule has 0 saturated carbocycles. The molecular weight excluding hydrogens is 624 g/mol. The van der Waals surface area contributed by atoms with Crippen LogP contribution in [0.3, 0.4) is 0 Å². The number of amides is 2. The second kappa shape index (κ2) is 13.5. The summed E-state index contributed by atoms with van der Waals surface area (Å²) in [5.41, 5.74) is 4.15. The van der Waals surface area contributed by atoms with Gasteiger partial charge in [0.05, 0.1) is 16.3 Å². The summed E-state index contributed by atoms with van der Waals surface area (Å²) < 4.78 is 6.73. The van der Waals surface area contributed by atoms with Gasteiger partial charge in [-0.15, -0.1) is 0 Å². The van der Waals surface area contributed by atoms with Gasteiger partial charge in [-0.3, -0.25) is 9.59 Å². The second-order valence-electron chi connectivity index (χ2n) is 8.26. The number of carbonyl (C=O) groups is 2. The van der Waals surface area contributed by atoms with Crippen molar-refractivity contribution in [2.45, 2.75) is 26.5 Å². The normalized spacial score (nSPS) is 12.0. The van der Waals surface area contributed by atoms with Gasteiger partial charge in [0, 0.05) is 31.2 Å². The highest BCUT2D eigenvalue weighted by molar-refractivity contribution is 9.10. The predicted molar refractivity (Wildman–Crippen MR) is 153 cm³/mol. The van der Waals surface area contributed by atoms with Gasteiger partial charge in [0.1, 0.15) is 18.4 Å². The van der Waals surface area contributed by atoms with Crippen LogP contribution >= 0.6 is 62.3 Å². The lowest BCUT2D eigenvalue weighted by Gasteiger charge is -2.20. The van der Waals surface area contributed by atoms with Crippen molar-refractivity contribution in [2.75, 3.05) is 0 Å². The molecule has 37 heavy (non-hydrogen) atoms. The molecule has 0 aliphatic heterocycles. The molecule has 0 aromatic heterocycles. The van der Waals surface area contributed by atoms with Crippen molar-refractivity contribution in [3.8, 4) is 5.75 Å². The van der Waals surface area contributed by atoms with Gasteiger partial charge in [-0.2, -0.15) is 5.10 Å². The average Bonchev–Trinajstić information content (AvgIpc) is 2.84. The zero-order chi connectivity index (χ0) is 27.1. The van der Waals surface area contributed by atoms with Crippen LogP contribution in [0.4, 0.5) is 0 Å². The van der Waals surface area contributed by atoms with Crippen molar-refractivity contribution >= 4 is 80.4 Å². The van der Waals surface area contributed by atoms with Crippen LogP contribution in [0.5, 0.6) is 5.75 Å². The maximum Gasteiger partial charge on any atom is 0.262 e. The van der Waals surface area contributed by atoms with Crippen LogP contribution in [0.15, 0.2) is 64.2 Å². The summed E-state index contributed by atoms with van der Waals surface area (Å²) in [6.45, 7) is 3.83. The third kappa shape index (κ3) is 8.35. The third-order valence-electron chi connectivity index (χ3n) is 5.17. The van der Waals surface area contributed by atoms with E-state index in [4.69, 9.17) is 51.1 Å². The number of benzene rings is 3. The minimum absolute atomic E-state index is 0.209. The zero-order valence-corrected chi connectivity index (χ0v) is 24.3. The Bertz CT molecular complexity index is 1330. The maximum absolute atomic E-state index is 12.8. The van der Waals surface area contributed by atoms with E-state index in [1.165, 1.54) is 24.4 Å². The smallest absolute Gasteiger partial charge is 0.262 e. The Hall–Kier alpha value is -2.29. The molecule has 2 amide bonds. The molecule has 0 aliphatic rings. The molecule has 3 rings (SSSR count). The molecule has 0 heterocycles. The minimum atomic E-state index is -0.843. The molecule has 0 aliphatic carbocycles. The highest BCUT2D eigenvalue weighted by atomic mass is 79.9. The van der Waals surface area contributed by atoms with Crippen LogP contribution in [-0.4, -0.2) is 24.1 Å². The molecule has 0 bridgehead atoms. The molecule has 0 radical (unpaired) electrons. The summed E-state index contributed by atoms with van der Waals surface area (Å²) in [6.07, 6.45) is 1.46. The van der Waals surface area contributed by atoms with Crippen LogP contribution in [0.1, 0.15) is 35.3 Å². The number of nitrogens with one attached hydrogen (secondary N) is 2. The fourth-order valence-electron chi connectivity index (χ4n) is 3.18. The molecular formula is C26H22BrCl4N3O3. The second-order valence-corrected chi connectivity index (χ2v) is 10.8. The Morgan fingerprint density at radius 1 is 0.973 bits per heavy atom. The van der Waals surface area contributed by atoms with Crippen LogP contribution in [0.2, 0.25) is 20.1 Å². The number of ether oxygens (including phenoxy) is 1. The van der Waals surface area contributed by atoms with Gasteiger partial charge in [-0.05, 0) is 54.4 Å². The molecule has 194 valence electrons. The Labute approximate surface area is 243 Å². The van der Waals surface area contributed by atoms with E-state index in [1.54, 1.807) is 30.3 Å². The first-order valence-electron chi connectivity index (χ1n) is 11.0. The van der Waals surface area contributed by atoms with Crippen LogP contribution < -0.4 is 15.5 Å². The summed E-state index contributed by atoms with van der Waals surface area (Å²) in [4.78, 5) is 25.5. The summed E-state index contributed by atoms with van der Waals surface area (Å²) in [5.74, 6) is -0.624. The molecule has 3 aromatic rings. The van der Waals surface area contributed by atoms with Crippen molar-refractivity contribution in [3.05, 3.63) is 95.9 Å². The predicted octanol–water partition coefficient (Wildman–Crippen LogP) is 7.55. The van der Waals surface area contributed by atoms with Crippen molar-refractivity contribution < 1.29 is 14.3 Å². The lowest BCUT2D eigenvalue weighted by Crippen LogP contribution is -2.48. The Morgan fingerprint density at radius 3 is 2.41 bits per heavy atom. The van der Waals surface area contributed by atoms with E-state index >= 15 is 0 Å². The van der Waals surface area contributed by atoms with Gasteiger partial charge < -0.3 is 10.1 Å². The lowest BCUT2D eigenvalue weighted by molar-refractivity contribution is -0.123. The molecule has 1 unspecified atom stereocenters. The van der Waals surface area contributed by atoms with E-state index in [0.29, 0.717) is 26.4 Å².